The van der Waals surface area contributed by atoms with Crippen molar-refractivity contribution in [1.29, 1.82) is 0 Å². The highest BCUT2D eigenvalue weighted by Gasteiger charge is 2.01. The van der Waals surface area contributed by atoms with E-state index in [1.54, 1.807) is 19.2 Å². The average molecular weight is 147 g/mol. The van der Waals surface area contributed by atoms with Gasteiger partial charge in [0, 0.05) is 13.6 Å². The molecular formula is C6H13NO3. The number of nitrogens with zero attached hydrogens (tertiary/aromatic N) is 1. The summed E-state index contributed by atoms with van der Waals surface area (Å²) in [7, 11) is 4.68. The van der Waals surface area contributed by atoms with E-state index in [0.717, 1.165) is 0 Å². The first-order valence-electron chi connectivity index (χ1n) is 3.02. The number of hydrogen-bond donors (Lipinski definition) is 0. The van der Waals surface area contributed by atoms with Gasteiger partial charge in [0.1, 0.15) is 0 Å². The van der Waals surface area contributed by atoms with Crippen LogP contribution in [0.15, 0.2) is 0 Å². The summed E-state index contributed by atoms with van der Waals surface area (Å²) in [5, 5.41) is 1.57. The molecule has 0 rings (SSSR count). The smallest absolute Gasteiger partial charge is 0.306 e. The third-order valence-corrected chi connectivity index (χ3v) is 1.17. The van der Waals surface area contributed by atoms with Gasteiger partial charge in [-0.1, -0.05) is 0 Å². The molecule has 0 amide bonds. The minimum absolute atomic E-state index is 0.219. The number of carbonyl (C=O) groups is 1. The van der Waals surface area contributed by atoms with Gasteiger partial charge < -0.3 is 9.57 Å². The predicted molar refractivity (Wildman–Crippen MR) is 36.3 cm³/mol. The number of hydroxylamine groups is 2. The van der Waals surface area contributed by atoms with E-state index in [0.29, 0.717) is 13.0 Å². The normalized spacial score (nSPS) is 10.0. The molecule has 0 aromatic heterocycles. The van der Waals surface area contributed by atoms with Crippen LogP contribution in [0, 0.1) is 0 Å². The van der Waals surface area contributed by atoms with Crippen molar-refractivity contribution < 1.29 is 14.4 Å². The molecule has 4 heteroatoms. The maximum Gasteiger partial charge on any atom is 0.306 e. The molecule has 10 heavy (non-hydrogen) atoms. The van der Waals surface area contributed by atoms with Gasteiger partial charge in [-0.2, -0.15) is 5.06 Å². The molecule has 0 radical (unpaired) electrons. The van der Waals surface area contributed by atoms with Crippen LogP contribution in [-0.4, -0.2) is 38.8 Å². The number of ether oxygens (including phenoxy) is 1. The van der Waals surface area contributed by atoms with Crippen molar-refractivity contribution in [2.24, 2.45) is 0 Å². The summed E-state index contributed by atoms with van der Waals surface area (Å²) in [6.45, 7) is 0.559. The van der Waals surface area contributed by atoms with Crippen LogP contribution in [0.2, 0.25) is 0 Å². The molecule has 4 nitrogen and oxygen atoms in total. The van der Waals surface area contributed by atoms with Crippen molar-refractivity contribution in [1.82, 2.24) is 5.06 Å². The standard InChI is InChI=1S/C6H13NO3/c1-7(10-3)5-4-6(8)9-2/h4-5H2,1-3H3. The molecule has 0 spiro atoms. The van der Waals surface area contributed by atoms with E-state index in [-0.39, 0.29) is 5.97 Å². The van der Waals surface area contributed by atoms with Crippen molar-refractivity contribution >= 4 is 5.97 Å². The molecule has 0 fully saturated rings. The highest BCUT2D eigenvalue weighted by molar-refractivity contribution is 5.69. The minimum Gasteiger partial charge on any atom is -0.469 e. The van der Waals surface area contributed by atoms with Crippen LogP contribution in [0.5, 0.6) is 0 Å². The van der Waals surface area contributed by atoms with Gasteiger partial charge in [0.25, 0.3) is 0 Å². The molecule has 0 aromatic carbocycles. The fourth-order valence-electron chi connectivity index (χ4n) is 0.442. The molecule has 0 N–H and O–H groups in total. The zero-order valence-corrected chi connectivity index (χ0v) is 6.59. The molecule has 0 heterocycles. The Labute approximate surface area is 60.7 Å². The third kappa shape index (κ3) is 4.29. The second-order valence-electron chi connectivity index (χ2n) is 1.86. The Hall–Kier alpha value is -0.610. The Kier molecular flexibility index (Phi) is 4.88. The van der Waals surface area contributed by atoms with E-state index in [4.69, 9.17) is 4.84 Å². The lowest BCUT2D eigenvalue weighted by atomic mass is 10.4. The molecule has 0 unspecified atom stereocenters. The first-order chi connectivity index (χ1) is 4.70. The maximum absolute atomic E-state index is 10.5. The van der Waals surface area contributed by atoms with E-state index >= 15 is 0 Å². The lowest BCUT2D eigenvalue weighted by Gasteiger charge is -2.11. The summed E-state index contributed by atoms with van der Waals surface area (Å²) in [5.41, 5.74) is 0. The first-order valence-corrected chi connectivity index (χ1v) is 3.02. The third-order valence-electron chi connectivity index (χ3n) is 1.17. The van der Waals surface area contributed by atoms with Gasteiger partial charge in [0.05, 0.1) is 20.6 Å². The van der Waals surface area contributed by atoms with Crippen LogP contribution in [0.25, 0.3) is 0 Å². The molecule has 0 atom stereocenters. The SMILES string of the molecule is COC(=O)CCN(C)OC. The summed E-state index contributed by atoms with van der Waals surface area (Å²) in [4.78, 5) is 15.3. The second-order valence-corrected chi connectivity index (χ2v) is 1.86. The van der Waals surface area contributed by atoms with Crippen molar-refractivity contribution in [2.45, 2.75) is 6.42 Å². The Bertz CT molecular complexity index is 105. The minimum atomic E-state index is -0.219. The van der Waals surface area contributed by atoms with Gasteiger partial charge in [-0.05, 0) is 0 Å². The molecule has 0 bridgehead atoms. The van der Waals surface area contributed by atoms with Gasteiger partial charge in [-0.3, -0.25) is 4.79 Å². The highest BCUT2D eigenvalue weighted by atomic mass is 16.7. The quantitative estimate of drug-likeness (QED) is 0.416. The number of rotatable bonds is 4. The zero-order valence-electron chi connectivity index (χ0n) is 6.59. The van der Waals surface area contributed by atoms with Crippen LogP contribution < -0.4 is 0 Å². The average Bonchev–Trinajstić information content (AvgIpc) is 1.99. The Morgan fingerprint density at radius 3 is 2.50 bits per heavy atom. The van der Waals surface area contributed by atoms with E-state index in [1.807, 2.05) is 0 Å². The molecule has 0 aromatic rings. The van der Waals surface area contributed by atoms with Gasteiger partial charge in [-0.25, -0.2) is 0 Å². The highest BCUT2D eigenvalue weighted by Crippen LogP contribution is 1.88. The molecule has 0 aliphatic heterocycles. The van der Waals surface area contributed by atoms with Gasteiger partial charge in [0.2, 0.25) is 0 Å². The summed E-state index contributed by atoms with van der Waals surface area (Å²) < 4.78 is 4.42. The Morgan fingerprint density at radius 2 is 2.10 bits per heavy atom. The van der Waals surface area contributed by atoms with Crippen molar-refractivity contribution in [3.63, 3.8) is 0 Å². The van der Waals surface area contributed by atoms with E-state index < -0.39 is 0 Å². The van der Waals surface area contributed by atoms with E-state index in [2.05, 4.69) is 4.74 Å². The predicted octanol–water partition coefficient (Wildman–Crippen LogP) is 0.0427. The molecular weight excluding hydrogens is 134 g/mol. The molecule has 0 aliphatic rings. The molecule has 0 aliphatic carbocycles. The second kappa shape index (κ2) is 5.20. The summed E-state index contributed by atoms with van der Waals surface area (Å²) in [5.74, 6) is -0.219. The van der Waals surface area contributed by atoms with E-state index in [1.165, 1.54) is 7.11 Å². The summed E-state index contributed by atoms with van der Waals surface area (Å²) >= 11 is 0. The zero-order chi connectivity index (χ0) is 7.98. The van der Waals surface area contributed by atoms with Crippen molar-refractivity contribution in [3.8, 4) is 0 Å². The van der Waals surface area contributed by atoms with Crippen LogP contribution in [0.1, 0.15) is 6.42 Å². The first kappa shape index (κ1) is 9.39. The monoisotopic (exact) mass is 147 g/mol. The number of hydrogen-bond acceptors (Lipinski definition) is 4. The van der Waals surface area contributed by atoms with Gasteiger partial charge in [0.15, 0.2) is 0 Å². The lowest BCUT2D eigenvalue weighted by molar-refractivity contribution is -0.147. The number of methoxy groups -OCH3 is 1. The van der Waals surface area contributed by atoms with Gasteiger partial charge >= 0.3 is 5.97 Å². The van der Waals surface area contributed by atoms with Crippen LogP contribution in [0.4, 0.5) is 0 Å². The lowest BCUT2D eigenvalue weighted by Crippen LogP contribution is -2.20. The fraction of sp³-hybridized carbons (Fsp3) is 0.833. The molecule has 0 saturated heterocycles. The van der Waals surface area contributed by atoms with Crippen LogP contribution in [-0.2, 0) is 14.4 Å². The molecule has 0 saturated carbocycles. The largest absolute Gasteiger partial charge is 0.469 e. The van der Waals surface area contributed by atoms with Gasteiger partial charge in [-0.15, -0.1) is 0 Å². The van der Waals surface area contributed by atoms with Crippen LogP contribution >= 0.6 is 0 Å². The summed E-state index contributed by atoms with van der Waals surface area (Å²) in [6.07, 6.45) is 0.362. The Balaban J connectivity index is 3.26. The number of carbonyl (C=O) groups excluding carboxylic acids is 1. The Morgan fingerprint density at radius 1 is 1.50 bits per heavy atom. The molecule has 60 valence electrons. The number of esters is 1. The fourth-order valence-corrected chi connectivity index (χ4v) is 0.442. The van der Waals surface area contributed by atoms with Crippen molar-refractivity contribution in [2.75, 3.05) is 27.8 Å². The van der Waals surface area contributed by atoms with Crippen LogP contribution in [0.3, 0.4) is 0 Å². The van der Waals surface area contributed by atoms with Crippen molar-refractivity contribution in [3.05, 3.63) is 0 Å². The maximum atomic E-state index is 10.5. The van der Waals surface area contributed by atoms with E-state index in [9.17, 15) is 4.79 Å². The topological polar surface area (TPSA) is 38.8 Å². The summed E-state index contributed by atoms with van der Waals surface area (Å²) in [6, 6.07) is 0.